The Kier molecular flexibility index (Phi) is 3.40. The first-order valence-corrected chi connectivity index (χ1v) is 4.66. The van der Waals surface area contributed by atoms with Crippen molar-refractivity contribution < 1.29 is 0 Å². The highest BCUT2D eigenvalue weighted by atomic mass is 15.2. The van der Waals surface area contributed by atoms with Crippen molar-refractivity contribution in [2.24, 2.45) is 0 Å². The number of likely N-dealkylation sites (N-methyl/N-ethyl adjacent to an activating group) is 1. The molecule has 1 atom stereocenters. The number of nitrogens with zero attached hydrogens (tertiary/aromatic N) is 2. The second-order valence-corrected chi connectivity index (χ2v) is 3.57. The van der Waals surface area contributed by atoms with Crippen LogP contribution in [-0.4, -0.2) is 56.8 Å². The van der Waals surface area contributed by atoms with E-state index in [9.17, 15) is 0 Å². The monoisotopic (exact) mass is 154 g/mol. The second-order valence-electron chi connectivity index (χ2n) is 3.57. The highest BCUT2D eigenvalue weighted by Gasteiger charge is 2.16. The summed E-state index contributed by atoms with van der Waals surface area (Å²) in [5.74, 6) is 0. The second kappa shape index (κ2) is 4.12. The van der Waals surface area contributed by atoms with Crippen LogP contribution in [0.5, 0.6) is 0 Å². The predicted molar refractivity (Wildman–Crippen MR) is 51.7 cm³/mol. The van der Waals surface area contributed by atoms with Crippen molar-refractivity contribution >= 4 is 7.85 Å². The van der Waals surface area contributed by atoms with Gasteiger partial charge < -0.3 is 9.80 Å². The first-order chi connectivity index (χ1) is 5.24. The Balaban J connectivity index is 2.41. The number of rotatable bonds is 1. The van der Waals surface area contributed by atoms with E-state index in [-0.39, 0.29) is 0 Å². The molecule has 1 fully saturated rings. The highest BCUT2D eigenvalue weighted by Crippen LogP contribution is 2.07. The summed E-state index contributed by atoms with van der Waals surface area (Å²) >= 11 is 0. The summed E-state index contributed by atoms with van der Waals surface area (Å²) in [7, 11) is 4.47. The van der Waals surface area contributed by atoms with Gasteiger partial charge in [0.05, 0.1) is 0 Å². The molecule has 0 N–H and O–H groups in total. The summed E-state index contributed by atoms with van der Waals surface area (Å²) in [4.78, 5) is 4.98. The van der Waals surface area contributed by atoms with Crippen LogP contribution < -0.4 is 0 Å². The number of hydrogen-bond donors (Lipinski definition) is 0. The van der Waals surface area contributed by atoms with Gasteiger partial charge in [-0.3, -0.25) is 0 Å². The zero-order chi connectivity index (χ0) is 8.27. The van der Waals surface area contributed by atoms with Crippen molar-refractivity contribution in [3.63, 3.8) is 0 Å². The van der Waals surface area contributed by atoms with E-state index in [4.69, 9.17) is 0 Å². The average molecular weight is 154 g/mol. The van der Waals surface area contributed by atoms with E-state index in [1.165, 1.54) is 32.5 Å². The van der Waals surface area contributed by atoms with Crippen LogP contribution in [0.25, 0.3) is 0 Å². The molecule has 0 spiro atoms. The fourth-order valence-corrected chi connectivity index (χ4v) is 1.69. The van der Waals surface area contributed by atoms with Crippen molar-refractivity contribution in [3.05, 3.63) is 0 Å². The van der Waals surface area contributed by atoms with E-state index in [1.807, 2.05) is 0 Å². The SMILES string of the molecule is BCN1CCN(C)CCC1C. The lowest BCUT2D eigenvalue weighted by molar-refractivity contribution is 0.253. The summed E-state index contributed by atoms with van der Waals surface area (Å²) in [6.07, 6.45) is 2.53. The van der Waals surface area contributed by atoms with Gasteiger partial charge in [-0.1, -0.05) is 0 Å². The molecule has 0 aliphatic carbocycles. The zero-order valence-electron chi connectivity index (χ0n) is 8.01. The minimum atomic E-state index is 0.782. The summed E-state index contributed by atoms with van der Waals surface area (Å²) in [6.45, 7) is 6.08. The van der Waals surface area contributed by atoms with Gasteiger partial charge in [-0.25, -0.2) is 0 Å². The van der Waals surface area contributed by atoms with E-state index >= 15 is 0 Å². The van der Waals surface area contributed by atoms with Crippen LogP contribution in [0, 0.1) is 0 Å². The number of hydrogen-bond acceptors (Lipinski definition) is 2. The lowest BCUT2D eigenvalue weighted by atomic mass is 10.1. The smallest absolute Gasteiger partial charge is 0.119 e. The largest absolute Gasteiger partial charge is 0.307 e. The fraction of sp³-hybridized carbons (Fsp3) is 1.00. The minimum absolute atomic E-state index is 0.782. The van der Waals surface area contributed by atoms with Crippen molar-refractivity contribution in [1.29, 1.82) is 0 Å². The Morgan fingerprint density at radius 1 is 1.36 bits per heavy atom. The molecule has 0 aromatic rings. The van der Waals surface area contributed by atoms with Crippen LogP contribution in [0.2, 0.25) is 0 Å². The van der Waals surface area contributed by atoms with E-state index in [0.717, 1.165) is 6.04 Å². The molecule has 0 radical (unpaired) electrons. The van der Waals surface area contributed by atoms with Gasteiger partial charge in [0.25, 0.3) is 0 Å². The molecule has 0 aromatic carbocycles. The molecule has 0 bridgehead atoms. The normalized spacial score (nSPS) is 30.2. The van der Waals surface area contributed by atoms with Gasteiger partial charge >= 0.3 is 0 Å². The average Bonchev–Trinajstić information content (AvgIpc) is 2.15. The molecule has 2 nitrogen and oxygen atoms in total. The Bertz CT molecular complexity index is 119. The van der Waals surface area contributed by atoms with Crippen molar-refractivity contribution in [3.8, 4) is 0 Å². The van der Waals surface area contributed by atoms with Crippen LogP contribution in [0.3, 0.4) is 0 Å². The molecule has 1 heterocycles. The standard InChI is InChI=1S/C8H19BN2/c1-8-3-4-10(2)5-6-11(8)7-9/h8H,3-7,9H2,1-2H3. The zero-order valence-corrected chi connectivity index (χ0v) is 8.01. The van der Waals surface area contributed by atoms with Gasteiger partial charge in [0.15, 0.2) is 0 Å². The molecule has 64 valence electrons. The maximum Gasteiger partial charge on any atom is 0.119 e. The van der Waals surface area contributed by atoms with Gasteiger partial charge in [-0.2, -0.15) is 0 Å². The highest BCUT2D eigenvalue weighted by molar-refractivity contribution is 6.08. The van der Waals surface area contributed by atoms with E-state index in [0.29, 0.717) is 0 Å². The molecule has 1 rings (SSSR count). The first kappa shape index (κ1) is 9.08. The third-order valence-corrected chi connectivity index (χ3v) is 2.73. The van der Waals surface area contributed by atoms with Crippen molar-refractivity contribution in [2.75, 3.05) is 33.1 Å². The molecule has 0 aromatic heterocycles. The molecule has 1 aliphatic rings. The van der Waals surface area contributed by atoms with Crippen molar-refractivity contribution in [1.82, 2.24) is 9.80 Å². The Labute approximate surface area is 71.0 Å². The van der Waals surface area contributed by atoms with Gasteiger partial charge in [-0.15, -0.1) is 0 Å². The van der Waals surface area contributed by atoms with Gasteiger partial charge in [0.1, 0.15) is 7.85 Å². The molecular weight excluding hydrogens is 135 g/mol. The maximum absolute atomic E-state index is 2.56. The van der Waals surface area contributed by atoms with E-state index in [1.54, 1.807) is 0 Å². The van der Waals surface area contributed by atoms with Crippen LogP contribution in [0.4, 0.5) is 0 Å². The molecule has 11 heavy (non-hydrogen) atoms. The van der Waals surface area contributed by atoms with Crippen LogP contribution in [0.1, 0.15) is 13.3 Å². The van der Waals surface area contributed by atoms with E-state index < -0.39 is 0 Å². The fourth-order valence-electron chi connectivity index (χ4n) is 1.69. The molecule has 3 heteroatoms. The Morgan fingerprint density at radius 3 is 2.73 bits per heavy atom. The van der Waals surface area contributed by atoms with Crippen LogP contribution in [0.15, 0.2) is 0 Å². The summed E-state index contributed by atoms with van der Waals surface area (Å²) in [5, 5.41) is 0. The van der Waals surface area contributed by atoms with Gasteiger partial charge in [-0.05, 0) is 33.4 Å². The third kappa shape index (κ3) is 2.49. The van der Waals surface area contributed by atoms with E-state index in [2.05, 4.69) is 31.6 Å². The van der Waals surface area contributed by atoms with Crippen LogP contribution in [-0.2, 0) is 0 Å². The quantitative estimate of drug-likeness (QED) is 0.474. The Hall–Kier alpha value is -0.0151. The molecule has 1 saturated heterocycles. The van der Waals surface area contributed by atoms with Gasteiger partial charge in [0.2, 0.25) is 0 Å². The molecule has 1 aliphatic heterocycles. The summed E-state index contributed by atoms with van der Waals surface area (Å²) in [5.41, 5.74) is 0. The molecule has 0 saturated carbocycles. The first-order valence-electron chi connectivity index (χ1n) is 4.66. The molecular formula is C8H19BN2. The summed E-state index contributed by atoms with van der Waals surface area (Å²) in [6, 6.07) is 0.782. The lowest BCUT2D eigenvalue weighted by Crippen LogP contribution is -2.35. The van der Waals surface area contributed by atoms with Gasteiger partial charge in [0, 0.05) is 19.1 Å². The molecule has 1 unspecified atom stereocenters. The topological polar surface area (TPSA) is 6.48 Å². The third-order valence-electron chi connectivity index (χ3n) is 2.73. The summed E-state index contributed by atoms with van der Waals surface area (Å²) < 4.78 is 0. The minimum Gasteiger partial charge on any atom is -0.307 e. The van der Waals surface area contributed by atoms with Crippen LogP contribution >= 0.6 is 0 Å². The predicted octanol–water partition coefficient (Wildman–Crippen LogP) is -0.397. The lowest BCUT2D eigenvalue weighted by Gasteiger charge is -2.24. The Morgan fingerprint density at radius 2 is 2.09 bits per heavy atom. The molecule has 0 amide bonds. The maximum atomic E-state index is 2.56. The van der Waals surface area contributed by atoms with Crippen molar-refractivity contribution in [2.45, 2.75) is 19.4 Å².